The van der Waals surface area contributed by atoms with Gasteiger partial charge in [0.15, 0.2) is 11.6 Å². The molecule has 0 aliphatic rings. The summed E-state index contributed by atoms with van der Waals surface area (Å²) in [4.78, 5) is 27.3. The fourth-order valence-electron chi connectivity index (χ4n) is 15.0. The van der Waals surface area contributed by atoms with Gasteiger partial charge in [0, 0.05) is 65.9 Å². The van der Waals surface area contributed by atoms with E-state index in [9.17, 15) is 9.59 Å². The summed E-state index contributed by atoms with van der Waals surface area (Å²) in [5.74, 6) is -0.0245. The van der Waals surface area contributed by atoms with E-state index in [1.54, 1.807) is 0 Å². The van der Waals surface area contributed by atoms with Crippen molar-refractivity contribution in [2.75, 3.05) is 0 Å². The van der Waals surface area contributed by atoms with E-state index < -0.39 is 0 Å². The maximum Gasteiger partial charge on any atom is 0.193 e. The molecule has 0 aliphatic heterocycles. The molecule has 0 spiro atoms. The van der Waals surface area contributed by atoms with E-state index in [1.165, 1.54) is 0 Å². The van der Waals surface area contributed by atoms with Crippen LogP contribution in [0.25, 0.3) is 166 Å². The first kappa shape index (κ1) is 56.4. The van der Waals surface area contributed by atoms with Gasteiger partial charge < -0.3 is 18.0 Å². The van der Waals surface area contributed by atoms with E-state index in [-0.39, 0.29) is 11.6 Å². The Morgan fingerprint density at radius 2 is 0.561 bits per heavy atom. The second-order valence-electron chi connectivity index (χ2n) is 25.3. The number of para-hydroxylation sites is 4. The maximum absolute atomic E-state index is 13.7. The molecule has 15 aromatic carbocycles. The Morgan fingerprint density at radius 1 is 0.224 bits per heavy atom. The monoisotopic (exact) mass is 1250 g/mol. The first-order chi connectivity index (χ1) is 48.4. The van der Waals surface area contributed by atoms with Crippen LogP contribution in [0.1, 0.15) is 31.8 Å². The van der Waals surface area contributed by atoms with Crippen molar-refractivity contribution in [3.8, 4) is 78.1 Å². The molecule has 0 radical (unpaired) electrons. The molecule has 6 nitrogen and oxygen atoms in total. The molecule has 0 fully saturated rings. The van der Waals surface area contributed by atoms with Gasteiger partial charge in [-0.2, -0.15) is 0 Å². The van der Waals surface area contributed by atoms with Gasteiger partial charge in [0.25, 0.3) is 0 Å². The van der Waals surface area contributed by atoms with E-state index in [1.807, 2.05) is 109 Å². The number of benzene rings is 15. The zero-order valence-electron chi connectivity index (χ0n) is 52.9. The highest BCUT2D eigenvalue weighted by Crippen LogP contribution is 2.47. The van der Waals surface area contributed by atoms with Crippen molar-refractivity contribution < 1.29 is 18.4 Å². The average Bonchev–Trinajstić information content (AvgIpc) is 1.58. The highest BCUT2D eigenvalue weighted by atomic mass is 16.3. The fourth-order valence-corrected chi connectivity index (χ4v) is 15.0. The van der Waals surface area contributed by atoms with Crippen molar-refractivity contribution in [3.63, 3.8) is 0 Å². The van der Waals surface area contributed by atoms with Gasteiger partial charge >= 0.3 is 0 Å². The maximum atomic E-state index is 13.7. The number of furan rings is 2. The molecule has 6 heteroatoms. The standard InChI is InChI=1S/C92H56N2O4/c95-89(61-17-3-1-4-18-61)63-37-33-57(34-38-63)65-21-15-23-67(53-65)79-55-78(60-43-47-70(48-44-60)94-82-30-12-8-28-76(82)88-84(94)52-50-74-72-26-10-14-32-86(72)98-92(74)88)80(68-24-16-22-66(54-68)58-35-39-64(40-36-58)90(96)62-19-5-2-6-20-62)56-77(79)59-41-45-69(46-42-59)93-81-29-11-7-27-75(81)87-83(93)51-49-73-71-25-9-13-31-85(71)97-91(73)87/h1-56H. The Balaban J connectivity index is 0.796. The Bertz CT molecular complexity index is 6020. The molecule has 4 aromatic heterocycles. The molecule has 458 valence electrons. The number of hydrogen-bond donors (Lipinski definition) is 0. The van der Waals surface area contributed by atoms with Gasteiger partial charge in [-0.1, -0.05) is 243 Å². The first-order valence-electron chi connectivity index (χ1n) is 33.1. The average molecular weight is 1250 g/mol. The van der Waals surface area contributed by atoms with Crippen molar-refractivity contribution in [1.82, 2.24) is 9.13 Å². The summed E-state index contributed by atoms with van der Waals surface area (Å²) in [6, 6.07) is 118. The topological polar surface area (TPSA) is 70.3 Å². The summed E-state index contributed by atoms with van der Waals surface area (Å²) in [6.07, 6.45) is 0. The number of carbonyl (C=O) groups is 2. The number of hydrogen-bond acceptors (Lipinski definition) is 4. The zero-order chi connectivity index (χ0) is 65.0. The van der Waals surface area contributed by atoms with Crippen molar-refractivity contribution in [1.29, 1.82) is 0 Å². The van der Waals surface area contributed by atoms with E-state index in [0.717, 1.165) is 166 Å². The van der Waals surface area contributed by atoms with E-state index >= 15 is 0 Å². The molecule has 0 atom stereocenters. The lowest BCUT2D eigenvalue weighted by atomic mass is 9.84. The lowest BCUT2D eigenvalue weighted by molar-refractivity contribution is 0.103. The highest BCUT2D eigenvalue weighted by Gasteiger charge is 2.24. The van der Waals surface area contributed by atoms with Gasteiger partial charge in [-0.15, -0.1) is 0 Å². The lowest BCUT2D eigenvalue weighted by Crippen LogP contribution is -2.00. The van der Waals surface area contributed by atoms with Crippen LogP contribution in [-0.2, 0) is 0 Å². The first-order valence-corrected chi connectivity index (χ1v) is 33.1. The van der Waals surface area contributed by atoms with Crippen LogP contribution in [0, 0.1) is 0 Å². The van der Waals surface area contributed by atoms with E-state index in [2.05, 4.69) is 240 Å². The van der Waals surface area contributed by atoms with Crippen LogP contribution < -0.4 is 0 Å². The molecule has 0 bridgehead atoms. The summed E-state index contributed by atoms with van der Waals surface area (Å²) < 4.78 is 18.1. The van der Waals surface area contributed by atoms with Gasteiger partial charge in [0.05, 0.1) is 32.8 Å². The molecule has 0 N–H and O–H groups in total. The van der Waals surface area contributed by atoms with Crippen molar-refractivity contribution in [2.45, 2.75) is 0 Å². The third kappa shape index (κ3) is 9.26. The zero-order valence-corrected chi connectivity index (χ0v) is 52.9. The second kappa shape index (κ2) is 22.8. The number of fused-ring (bicyclic) bond motifs is 14. The van der Waals surface area contributed by atoms with Crippen LogP contribution in [0.2, 0.25) is 0 Å². The molecule has 0 unspecified atom stereocenters. The number of aromatic nitrogens is 2. The minimum absolute atomic E-state index is 0.0122. The minimum Gasteiger partial charge on any atom is -0.455 e. The lowest BCUT2D eigenvalue weighted by Gasteiger charge is -2.20. The summed E-state index contributed by atoms with van der Waals surface area (Å²) in [5, 5.41) is 8.83. The third-order valence-electron chi connectivity index (χ3n) is 19.8. The van der Waals surface area contributed by atoms with Gasteiger partial charge in [-0.05, 0) is 164 Å². The molecular weight excluding hydrogens is 1200 g/mol. The predicted octanol–water partition coefficient (Wildman–Crippen LogP) is 24.1. The predicted molar refractivity (Wildman–Crippen MR) is 402 cm³/mol. The molecule has 0 saturated carbocycles. The second-order valence-corrected chi connectivity index (χ2v) is 25.3. The Labute approximate surface area is 563 Å². The molecule has 19 aromatic rings. The molecule has 4 heterocycles. The Hall–Kier alpha value is -13.2. The largest absolute Gasteiger partial charge is 0.455 e. The van der Waals surface area contributed by atoms with Crippen molar-refractivity contribution >= 4 is 99.1 Å². The van der Waals surface area contributed by atoms with Crippen molar-refractivity contribution in [3.05, 3.63) is 362 Å². The van der Waals surface area contributed by atoms with E-state index in [0.29, 0.717) is 22.3 Å². The van der Waals surface area contributed by atoms with Crippen LogP contribution >= 0.6 is 0 Å². The van der Waals surface area contributed by atoms with E-state index in [4.69, 9.17) is 8.83 Å². The third-order valence-corrected chi connectivity index (χ3v) is 19.8. The van der Waals surface area contributed by atoms with Crippen LogP contribution in [0.15, 0.2) is 349 Å². The van der Waals surface area contributed by atoms with Gasteiger partial charge in [0.1, 0.15) is 22.3 Å². The molecule has 0 saturated heterocycles. The molecular formula is C92H56N2O4. The highest BCUT2D eigenvalue weighted by molar-refractivity contribution is 6.25. The summed E-state index contributed by atoms with van der Waals surface area (Å²) in [6.45, 7) is 0. The Kier molecular flexibility index (Phi) is 13.1. The molecule has 0 amide bonds. The number of rotatable bonds is 12. The number of nitrogens with zero attached hydrogens (tertiary/aromatic N) is 2. The number of ketones is 2. The fraction of sp³-hybridized carbons (Fsp3) is 0. The smallest absolute Gasteiger partial charge is 0.193 e. The Morgan fingerprint density at radius 3 is 0.980 bits per heavy atom. The van der Waals surface area contributed by atoms with Gasteiger partial charge in [-0.25, -0.2) is 0 Å². The molecule has 19 rings (SSSR count). The summed E-state index contributed by atoms with van der Waals surface area (Å²) in [7, 11) is 0. The van der Waals surface area contributed by atoms with Crippen LogP contribution in [0.4, 0.5) is 0 Å². The number of carbonyl (C=O) groups excluding carboxylic acids is 2. The van der Waals surface area contributed by atoms with Crippen LogP contribution in [0.5, 0.6) is 0 Å². The molecule has 0 aliphatic carbocycles. The van der Waals surface area contributed by atoms with Gasteiger partial charge in [-0.3, -0.25) is 9.59 Å². The van der Waals surface area contributed by atoms with Gasteiger partial charge in [0.2, 0.25) is 0 Å². The quantitative estimate of drug-likeness (QED) is 0.114. The van der Waals surface area contributed by atoms with Crippen LogP contribution in [0.3, 0.4) is 0 Å². The normalized spacial score (nSPS) is 11.8. The van der Waals surface area contributed by atoms with Crippen molar-refractivity contribution in [2.24, 2.45) is 0 Å². The minimum atomic E-state index is -0.0122. The molecule has 98 heavy (non-hydrogen) atoms. The summed E-state index contributed by atoms with van der Waals surface area (Å²) in [5.41, 5.74) is 24.9. The van der Waals surface area contributed by atoms with Crippen LogP contribution in [-0.4, -0.2) is 20.7 Å². The summed E-state index contributed by atoms with van der Waals surface area (Å²) >= 11 is 0. The SMILES string of the molecule is O=C(c1ccccc1)c1ccc(-c2cccc(-c3cc(-c4ccc(-n5c6ccccc6c6c7oc8ccccc8c7ccc65)cc4)c(-c4cccc(-c5ccc(C(=O)c6ccccc6)cc5)c4)cc3-c3ccc(-n4c5ccccc5c5c6oc7ccccc7c6ccc54)cc3)c2)cc1.